The molecule has 0 atom stereocenters. The van der Waals surface area contributed by atoms with Crippen molar-refractivity contribution in [2.75, 3.05) is 5.32 Å². The number of carbonyl (C=O) groups is 1. The molecule has 4 aromatic rings. The number of aromatic nitrogens is 4. The number of carbonyl (C=O) groups excluding carboxylic acids is 1. The highest BCUT2D eigenvalue weighted by molar-refractivity contribution is 5.90. The molecule has 0 saturated carbocycles. The van der Waals surface area contributed by atoms with Crippen LogP contribution in [-0.4, -0.2) is 25.7 Å². The van der Waals surface area contributed by atoms with Crippen LogP contribution in [0.15, 0.2) is 42.6 Å². The molecule has 0 fully saturated rings. The first-order valence-electron chi connectivity index (χ1n) is 10.5. The predicted molar refractivity (Wildman–Crippen MR) is 124 cm³/mol. The lowest BCUT2D eigenvalue weighted by Crippen LogP contribution is -2.14. The van der Waals surface area contributed by atoms with Crippen LogP contribution < -0.4 is 5.32 Å². The summed E-state index contributed by atoms with van der Waals surface area (Å²) in [6.45, 7) is 10.1. The minimum absolute atomic E-state index is 0.0534. The normalized spacial score (nSPS) is 11.1. The van der Waals surface area contributed by atoms with E-state index in [0.29, 0.717) is 18.7 Å². The molecule has 4 rings (SSSR count). The van der Waals surface area contributed by atoms with Crippen molar-refractivity contribution in [1.82, 2.24) is 19.7 Å². The zero-order valence-electron chi connectivity index (χ0n) is 18.7. The molecule has 1 amide bonds. The fourth-order valence-corrected chi connectivity index (χ4v) is 3.93. The van der Waals surface area contributed by atoms with Crippen molar-refractivity contribution in [3.8, 4) is 5.69 Å². The minimum Gasteiger partial charge on any atom is -0.311 e. The van der Waals surface area contributed by atoms with E-state index in [0.717, 1.165) is 44.8 Å². The Bertz CT molecular complexity index is 1250. The summed E-state index contributed by atoms with van der Waals surface area (Å²) >= 11 is 0. The SMILES string of the molecule is Cc1ccc(-n2nc(C)c3c(C)c(CCC(=O)Nc4ccc(C)cn4)c(C)nc32)cc1. The smallest absolute Gasteiger partial charge is 0.225 e. The number of nitrogens with one attached hydrogen (secondary N) is 1. The lowest BCUT2D eigenvalue weighted by molar-refractivity contribution is -0.116. The van der Waals surface area contributed by atoms with E-state index >= 15 is 0 Å². The number of rotatable bonds is 5. The van der Waals surface area contributed by atoms with Crippen molar-refractivity contribution in [3.05, 3.63) is 76.2 Å². The zero-order valence-corrected chi connectivity index (χ0v) is 18.7. The molecule has 0 aliphatic rings. The summed E-state index contributed by atoms with van der Waals surface area (Å²) in [6.07, 6.45) is 2.74. The molecule has 0 aliphatic carbocycles. The Morgan fingerprint density at radius 2 is 1.65 bits per heavy atom. The van der Waals surface area contributed by atoms with E-state index in [4.69, 9.17) is 10.1 Å². The van der Waals surface area contributed by atoms with Gasteiger partial charge in [-0.05, 0) is 75.9 Å². The molecule has 31 heavy (non-hydrogen) atoms. The summed E-state index contributed by atoms with van der Waals surface area (Å²) in [4.78, 5) is 21.6. The van der Waals surface area contributed by atoms with Crippen LogP contribution in [0.2, 0.25) is 0 Å². The Hall–Kier alpha value is -3.54. The van der Waals surface area contributed by atoms with Gasteiger partial charge in [0.2, 0.25) is 5.91 Å². The fourth-order valence-electron chi connectivity index (χ4n) is 3.93. The van der Waals surface area contributed by atoms with Gasteiger partial charge >= 0.3 is 0 Å². The topological polar surface area (TPSA) is 72.7 Å². The van der Waals surface area contributed by atoms with Gasteiger partial charge in [-0.25, -0.2) is 14.6 Å². The van der Waals surface area contributed by atoms with E-state index < -0.39 is 0 Å². The molecule has 0 unspecified atom stereocenters. The van der Waals surface area contributed by atoms with Gasteiger partial charge in [0, 0.05) is 23.7 Å². The predicted octanol–water partition coefficient (Wildman–Crippen LogP) is 4.93. The molecule has 1 N–H and O–H groups in total. The largest absolute Gasteiger partial charge is 0.311 e. The van der Waals surface area contributed by atoms with Crippen LogP contribution >= 0.6 is 0 Å². The molecule has 3 heterocycles. The lowest BCUT2D eigenvalue weighted by Gasteiger charge is -2.12. The van der Waals surface area contributed by atoms with E-state index in [-0.39, 0.29) is 5.91 Å². The van der Waals surface area contributed by atoms with Crippen LogP contribution in [0.5, 0.6) is 0 Å². The van der Waals surface area contributed by atoms with Gasteiger partial charge in [0.15, 0.2) is 5.65 Å². The molecule has 0 bridgehead atoms. The van der Waals surface area contributed by atoms with Crippen LogP contribution in [0.3, 0.4) is 0 Å². The highest BCUT2D eigenvalue weighted by Crippen LogP contribution is 2.28. The van der Waals surface area contributed by atoms with Gasteiger partial charge in [-0.2, -0.15) is 5.10 Å². The highest BCUT2D eigenvalue weighted by Gasteiger charge is 2.18. The van der Waals surface area contributed by atoms with E-state index in [1.807, 2.05) is 37.6 Å². The van der Waals surface area contributed by atoms with Gasteiger partial charge in [0.1, 0.15) is 5.82 Å². The molecule has 0 aliphatic heterocycles. The standard InChI is InChI=1S/C25H27N5O/c1-15-6-9-20(10-7-15)30-25-24(19(5)29-30)17(3)21(18(4)27-25)11-13-23(31)28-22-12-8-16(2)14-26-22/h6-10,12,14H,11,13H2,1-5H3,(H,26,28,31). The average molecular weight is 414 g/mol. The van der Waals surface area contributed by atoms with E-state index in [9.17, 15) is 4.79 Å². The van der Waals surface area contributed by atoms with E-state index in [1.54, 1.807) is 6.20 Å². The molecule has 158 valence electrons. The number of nitrogens with zero attached hydrogens (tertiary/aromatic N) is 4. The van der Waals surface area contributed by atoms with Crippen LogP contribution in [-0.2, 0) is 11.2 Å². The Morgan fingerprint density at radius 3 is 2.32 bits per heavy atom. The van der Waals surface area contributed by atoms with E-state index in [1.165, 1.54) is 5.56 Å². The summed E-state index contributed by atoms with van der Waals surface area (Å²) in [5.41, 5.74) is 8.23. The maximum atomic E-state index is 12.5. The third-order valence-electron chi connectivity index (χ3n) is 5.63. The average Bonchev–Trinajstić information content (AvgIpc) is 3.06. The quantitative estimate of drug-likeness (QED) is 0.504. The van der Waals surface area contributed by atoms with Crippen molar-refractivity contribution in [3.63, 3.8) is 0 Å². The fraction of sp³-hybridized carbons (Fsp3) is 0.280. The van der Waals surface area contributed by atoms with Crippen molar-refractivity contribution >= 4 is 22.8 Å². The van der Waals surface area contributed by atoms with Gasteiger partial charge in [0.05, 0.1) is 11.4 Å². The van der Waals surface area contributed by atoms with Crippen molar-refractivity contribution in [2.45, 2.75) is 47.5 Å². The third-order valence-corrected chi connectivity index (χ3v) is 5.63. The number of hydrogen-bond acceptors (Lipinski definition) is 4. The molecular weight excluding hydrogens is 386 g/mol. The first kappa shape index (κ1) is 20.7. The van der Waals surface area contributed by atoms with Gasteiger partial charge in [0.25, 0.3) is 0 Å². The maximum Gasteiger partial charge on any atom is 0.225 e. The Morgan fingerprint density at radius 1 is 0.935 bits per heavy atom. The lowest BCUT2D eigenvalue weighted by atomic mass is 9.99. The number of fused-ring (bicyclic) bond motifs is 1. The second-order valence-electron chi connectivity index (χ2n) is 8.10. The molecule has 6 heteroatoms. The Balaban J connectivity index is 1.60. The molecule has 3 aromatic heterocycles. The van der Waals surface area contributed by atoms with Gasteiger partial charge < -0.3 is 5.32 Å². The van der Waals surface area contributed by atoms with Gasteiger partial charge in [-0.3, -0.25) is 4.79 Å². The molecule has 6 nitrogen and oxygen atoms in total. The van der Waals surface area contributed by atoms with Gasteiger partial charge in [-0.1, -0.05) is 23.8 Å². The number of pyridine rings is 2. The molecule has 1 aromatic carbocycles. The molecule has 0 radical (unpaired) electrons. The summed E-state index contributed by atoms with van der Waals surface area (Å²) in [6, 6.07) is 12.0. The number of hydrogen-bond donors (Lipinski definition) is 1. The summed E-state index contributed by atoms with van der Waals surface area (Å²) < 4.78 is 1.91. The van der Waals surface area contributed by atoms with Crippen molar-refractivity contribution in [2.24, 2.45) is 0 Å². The summed E-state index contributed by atoms with van der Waals surface area (Å²) in [5.74, 6) is 0.523. The van der Waals surface area contributed by atoms with Crippen LogP contribution in [0.1, 0.15) is 40.1 Å². The monoisotopic (exact) mass is 413 g/mol. The van der Waals surface area contributed by atoms with E-state index in [2.05, 4.69) is 48.4 Å². The first-order chi connectivity index (χ1) is 14.8. The Labute approximate surface area is 182 Å². The minimum atomic E-state index is -0.0534. The summed E-state index contributed by atoms with van der Waals surface area (Å²) in [5, 5.41) is 8.68. The third kappa shape index (κ3) is 4.19. The maximum absolute atomic E-state index is 12.5. The van der Waals surface area contributed by atoms with Crippen molar-refractivity contribution < 1.29 is 4.79 Å². The zero-order chi connectivity index (χ0) is 22.1. The molecule has 0 saturated heterocycles. The number of anilines is 1. The first-order valence-corrected chi connectivity index (χ1v) is 10.5. The molecular formula is C25H27N5O. The number of amides is 1. The van der Waals surface area contributed by atoms with Crippen LogP contribution in [0.4, 0.5) is 5.82 Å². The molecule has 0 spiro atoms. The van der Waals surface area contributed by atoms with Crippen molar-refractivity contribution in [1.29, 1.82) is 0 Å². The number of aryl methyl sites for hydroxylation is 5. The number of benzene rings is 1. The second-order valence-corrected chi connectivity index (χ2v) is 8.10. The second kappa shape index (κ2) is 8.30. The Kier molecular flexibility index (Phi) is 5.55. The summed E-state index contributed by atoms with van der Waals surface area (Å²) in [7, 11) is 0. The van der Waals surface area contributed by atoms with Crippen LogP contribution in [0, 0.1) is 34.6 Å². The van der Waals surface area contributed by atoms with Crippen LogP contribution in [0.25, 0.3) is 16.7 Å². The van der Waals surface area contributed by atoms with Gasteiger partial charge in [-0.15, -0.1) is 0 Å². The highest BCUT2D eigenvalue weighted by atomic mass is 16.1.